The molecule has 7 nitrogen and oxygen atoms in total. The molecule has 0 aromatic carbocycles. The number of pyridine rings is 1. The van der Waals surface area contributed by atoms with E-state index in [9.17, 15) is 14.4 Å². The third kappa shape index (κ3) is 2.53. The Bertz CT molecular complexity index is 906. The van der Waals surface area contributed by atoms with Crippen molar-refractivity contribution in [3.63, 3.8) is 0 Å². The quantitative estimate of drug-likeness (QED) is 0.842. The van der Waals surface area contributed by atoms with Gasteiger partial charge in [-0.2, -0.15) is 0 Å². The molecule has 1 aliphatic carbocycles. The summed E-state index contributed by atoms with van der Waals surface area (Å²) in [6, 6.07) is 1.82. The SMILES string of the molecule is CCN(C(=O)c1cnc2c(c1)c(=O)n(C)c(=O)n2C)C1CCCC1. The van der Waals surface area contributed by atoms with E-state index >= 15 is 0 Å². The van der Waals surface area contributed by atoms with Gasteiger partial charge in [0.15, 0.2) is 0 Å². The van der Waals surface area contributed by atoms with Gasteiger partial charge in [-0.05, 0) is 25.8 Å². The number of aromatic nitrogens is 3. The van der Waals surface area contributed by atoms with Gasteiger partial charge in [-0.25, -0.2) is 9.78 Å². The zero-order valence-electron chi connectivity index (χ0n) is 14.3. The normalized spacial score (nSPS) is 15.1. The summed E-state index contributed by atoms with van der Waals surface area (Å²) in [6.45, 7) is 2.60. The van der Waals surface area contributed by atoms with Crippen LogP contribution in [0.15, 0.2) is 21.9 Å². The van der Waals surface area contributed by atoms with E-state index in [-0.39, 0.29) is 17.3 Å². The Balaban J connectivity index is 2.09. The molecule has 2 aromatic rings. The molecule has 0 bridgehead atoms. The lowest BCUT2D eigenvalue weighted by atomic mass is 10.1. The van der Waals surface area contributed by atoms with Gasteiger partial charge in [-0.1, -0.05) is 12.8 Å². The maximum absolute atomic E-state index is 12.9. The first-order valence-corrected chi connectivity index (χ1v) is 8.32. The van der Waals surface area contributed by atoms with E-state index < -0.39 is 11.2 Å². The highest BCUT2D eigenvalue weighted by atomic mass is 16.2. The summed E-state index contributed by atoms with van der Waals surface area (Å²) in [5, 5.41) is 0.285. The van der Waals surface area contributed by atoms with Gasteiger partial charge in [0.2, 0.25) is 0 Å². The van der Waals surface area contributed by atoms with Gasteiger partial charge < -0.3 is 4.90 Å². The average Bonchev–Trinajstić information content (AvgIpc) is 3.12. The second kappa shape index (κ2) is 6.22. The predicted octanol–water partition coefficient (Wildman–Crippen LogP) is 1.04. The smallest absolute Gasteiger partial charge is 0.332 e. The van der Waals surface area contributed by atoms with Crippen LogP contribution in [0.1, 0.15) is 43.0 Å². The molecule has 2 heterocycles. The summed E-state index contributed by atoms with van der Waals surface area (Å²) >= 11 is 0. The molecule has 1 aliphatic rings. The number of fused-ring (bicyclic) bond motifs is 1. The van der Waals surface area contributed by atoms with E-state index in [1.807, 2.05) is 11.8 Å². The molecule has 0 spiro atoms. The minimum Gasteiger partial charge on any atom is -0.336 e. The first kappa shape index (κ1) is 16.4. The standard InChI is InChI=1S/C17H22N4O3/c1-4-21(12-7-5-6-8-12)15(22)11-9-13-14(18-10-11)19(2)17(24)20(3)16(13)23/h9-10,12H,4-8H2,1-3H3. The molecule has 3 rings (SSSR count). The number of aryl methyl sites for hydroxylation is 1. The maximum Gasteiger partial charge on any atom is 0.332 e. The number of nitrogens with zero attached hydrogens (tertiary/aromatic N) is 4. The fraction of sp³-hybridized carbons (Fsp3) is 0.529. The predicted molar refractivity (Wildman–Crippen MR) is 91.2 cm³/mol. The van der Waals surface area contributed by atoms with Crippen LogP contribution in [-0.4, -0.2) is 37.5 Å². The van der Waals surface area contributed by atoms with Crippen LogP contribution in [-0.2, 0) is 14.1 Å². The molecule has 0 aliphatic heterocycles. The van der Waals surface area contributed by atoms with Crippen LogP contribution in [0.3, 0.4) is 0 Å². The van der Waals surface area contributed by atoms with Gasteiger partial charge in [-0.15, -0.1) is 0 Å². The average molecular weight is 330 g/mol. The third-order valence-electron chi connectivity index (χ3n) is 4.91. The molecule has 0 radical (unpaired) electrons. The van der Waals surface area contributed by atoms with Crippen molar-refractivity contribution < 1.29 is 4.79 Å². The molecule has 1 amide bonds. The number of rotatable bonds is 3. The van der Waals surface area contributed by atoms with Crippen molar-refractivity contribution in [1.82, 2.24) is 19.0 Å². The summed E-state index contributed by atoms with van der Waals surface area (Å²) in [5.41, 5.74) is -0.171. The van der Waals surface area contributed by atoms with Crippen molar-refractivity contribution in [2.75, 3.05) is 6.54 Å². The fourth-order valence-corrected chi connectivity index (χ4v) is 3.53. The van der Waals surface area contributed by atoms with Gasteiger partial charge in [-0.3, -0.25) is 18.7 Å². The molecule has 2 aromatic heterocycles. The zero-order chi connectivity index (χ0) is 17.4. The van der Waals surface area contributed by atoms with Crippen molar-refractivity contribution in [2.45, 2.75) is 38.6 Å². The van der Waals surface area contributed by atoms with E-state index in [4.69, 9.17) is 0 Å². The van der Waals surface area contributed by atoms with Crippen LogP contribution in [0.25, 0.3) is 11.0 Å². The van der Waals surface area contributed by atoms with Gasteiger partial charge in [0.05, 0.1) is 10.9 Å². The molecule has 0 N–H and O–H groups in total. The van der Waals surface area contributed by atoms with E-state index in [1.54, 1.807) is 13.1 Å². The summed E-state index contributed by atoms with van der Waals surface area (Å²) in [7, 11) is 2.99. The van der Waals surface area contributed by atoms with Crippen LogP contribution >= 0.6 is 0 Å². The zero-order valence-corrected chi connectivity index (χ0v) is 14.3. The summed E-state index contributed by atoms with van der Waals surface area (Å²) in [5.74, 6) is -0.102. The van der Waals surface area contributed by atoms with Crippen molar-refractivity contribution in [1.29, 1.82) is 0 Å². The third-order valence-corrected chi connectivity index (χ3v) is 4.91. The largest absolute Gasteiger partial charge is 0.336 e. The Morgan fingerprint density at radius 2 is 1.92 bits per heavy atom. The first-order valence-electron chi connectivity index (χ1n) is 8.32. The Labute approximate surface area is 139 Å². The van der Waals surface area contributed by atoms with Crippen molar-refractivity contribution in [3.8, 4) is 0 Å². The Kier molecular flexibility index (Phi) is 4.26. The highest BCUT2D eigenvalue weighted by Gasteiger charge is 2.26. The molecular weight excluding hydrogens is 308 g/mol. The summed E-state index contributed by atoms with van der Waals surface area (Å²) in [6.07, 6.45) is 5.80. The maximum atomic E-state index is 12.9. The number of amides is 1. The Morgan fingerprint density at radius 3 is 2.54 bits per heavy atom. The lowest BCUT2D eigenvalue weighted by Gasteiger charge is -2.27. The summed E-state index contributed by atoms with van der Waals surface area (Å²) in [4.78, 5) is 43.3. The van der Waals surface area contributed by atoms with Gasteiger partial charge in [0.1, 0.15) is 5.65 Å². The first-order chi connectivity index (χ1) is 11.5. The Morgan fingerprint density at radius 1 is 1.25 bits per heavy atom. The molecule has 0 saturated heterocycles. The molecule has 128 valence electrons. The molecule has 0 unspecified atom stereocenters. The van der Waals surface area contributed by atoms with Crippen molar-refractivity contribution >= 4 is 16.9 Å². The topological polar surface area (TPSA) is 77.2 Å². The molecule has 0 atom stereocenters. The highest BCUT2D eigenvalue weighted by Crippen LogP contribution is 2.25. The second-order valence-corrected chi connectivity index (χ2v) is 6.33. The molecule has 24 heavy (non-hydrogen) atoms. The van der Waals surface area contributed by atoms with Crippen LogP contribution in [0.2, 0.25) is 0 Å². The van der Waals surface area contributed by atoms with E-state index in [0.29, 0.717) is 17.8 Å². The Hall–Kier alpha value is -2.44. The molecule has 7 heteroatoms. The van der Waals surface area contributed by atoms with E-state index in [1.165, 1.54) is 17.8 Å². The van der Waals surface area contributed by atoms with Crippen LogP contribution < -0.4 is 11.2 Å². The lowest BCUT2D eigenvalue weighted by Crippen LogP contribution is -2.39. The highest BCUT2D eigenvalue weighted by molar-refractivity contribution is 5.97. The van der Waals surface area contributed by atoms with Gasteiger partial charge in [0, 0.05) is 32.9 Å². The number of carbonyl (C=O) groups is 1. The van der Waals surface area contributed by atoms with Crippen molar-refractivity contribution in [3.05, 3.63) is 38.7 Å². The monoisotopic (exact) mass is 330 g/mol. The number of hydrogen-bond acceptors (Lipinski definition) is 4. The number of hydrogen-bond donors (Lipinski definition) is 0. The van der Waals surface area contributed by atoms with Gasteiger partial charge >= 0.3 is 5.69 Å². The van der Waals surface area contributed by atoms with Crippen molar-refractivity contribution in [2.24, 2.45) is 14.1 Å². The minimum absolute atomic E-state index is 0.102. The summed E-state index contributed by atoms with van der Waals surface area (Å²) < 4.78 is 2.35. The fourth-order valence-electron chi connectivity index (χ4n) is 3.53. The van der Waals surface area contributed by atoms with Crippen LogP contribution in [0, 0.1) is 0 Å². The minimum atomic E-state index is -0.431. The number of carbonyl (C=O) groups excluding carboxylic acids is 1. The van der Waals surface area contributed by atoms with E-state index in [0.717, 1.165) is 30.3 Å². The molecule has 1 saturated carbocycles. The van der Waals surface area contributed by atoms with Gasteiger partial charge in [0.25, 0.3) is 11.5 Å². The molecular formula is C17H22N4O3. The van der Waals surface area contributed by atoms with Crippen LogP contribution in [0.4, 0.5) is 0 Å². The second-order valence-electron chi connectivity index (χ2n) is 6.33. The molecule has 1 fully saturated rings. The van der Waals surface area contributed by atoms with Crippen LogP contribution in [0.5, 0.6) is 0 Å². The lowest BCUT2D eigenvalue weighted by molar-refractivity contribution is 0.0693. The van der Waals surface area contributed by atoms with E-state index in [2.05, 4.69) is 4.98 Å².